The second-order valence-electron chi connectivity index (χ2n) is 3.98. The Bertz CT molecular complexity index is 452. The second-order valence-corrected chi connectivity index (χ2v) is 3.98. The summed E-state index contributed by atoms with van der Waals surface area (Å²) < 4.78 is 2.02. The molecule has 4 nitrogen and oxygen atoms in total. The minimum absolute atomic E-state index is 0.251. The lowest BCUT2D eigenvalue weighted by Crippen LogP contribution is -2.17. The standard InChI is InChI=1S/C12H17N3O/c1-10(4-3-9-16)14-12-6-2-5-11-13-7-8-15(11)12/h2,5-8,10,14,16H,3-4,9H2,1H3. The number of pyridine rings is 1. The summed E-state index contributed by atoms with van der Waals surface area (Å²) in [5.41, 5.74) is 0.944. The Balaban J connectivity index is 2.11. The highest BCUT2D eigenvalue weighted by Gasteiger charge is 2.04. The quantitative estimate of drug-likeness (QED) is 0.807. The number of rotatable bonds is 5. The van der Waals surface area contributed by atoms with E-state index in [2.05, 4.69) is 17.2 Å². The SMILES string of the molecule is CC(CCCO)Nc1cccc2nccn12. The van der Waals surface area contributed by atoms with Gasteiger partial charge in [0.2, 0.25) is 0 Å². The molecule has 86 valence electrons. The molecule has 4 heteroatoms. The summed E-state index contributed by atoms with van der Waals surface area (Å²) in [6.07, 6.45) is 5.52. The van der Waals surface area contributed by atoms with Crippen molar-refractivity contribution < 1.29 is 5.11 Å². The molecular formula is C12H17N3O. The first-order valence-electron chi connectivity index (χ1n) is 5.61. The summed E-state index contributed by atoms with van der Waals surface area (Å²) in [7, 11) is 0. The summed E-state index contributed by atoms with van der Waals surface area (Å²) >= 11 is 0. The highest BCUT2D eigenvalue weighted by Crippen LogP contribution is 2.13. The molecule has 0 radical (unpaired) electrons. The largest absolute Gasteiger partial charge is 0.396 e. The highest BCUT2D eigenvalue weighted by atomic mass is 16.2. The Hall–Kier alpha value is -1.55. The molecule has 0 amide bonds. The molecule has 0 aliphatic rings. The molecule has 0 spiro atoms. The molecule has 16 heavy (non-hydrogen) atoms. The van der Waals surface area contributed by atoms with Crippen LogP contribution in [0.25, 0.3) is 5.65 Å². The van der Waals surface area contributed by atoms with Crippen LogP contribution in [0.4, 0.5) is 5.82 Å². The van der Waals surface area contributed by atoms with Crippen LogP contribution in [0, 0.1) is 0 Å². The number of nitrogens with one attached hydrogen (secondary N) is 1. The van der Waals surface area contributed by atoms with Crippen LogP contribution < -0.4 is 5.32 Å². The van der Waals surface area contributed by atoms with Gasteiger partial charge in [0.25, 0.3) is 0 Å². The second kappa shape index (κ2) is 4.99. The average Bonchev–Trinajstić information content (AvgIpc) is 2.75. The molecule has 2 heterocycles. The van der Waals surface area contributed by atoms with Gasteiger partial charge in [-0.25, -0.2) is 4.98 Å². The number of anilines is 1. The van der Waals surface area contributed by atoms with Crippen LogP contribution in [0.3, 0.4) is 0 Å². The van der Waals surface area contributed by atoms with Crippen LogP contribution in [0.2, 0.25) is 0 Å². The van der Waals surface area contributed by atoms with E-state index in [9.17, 15) is 0 Å². The highest BCUT2D eigenvalue weighted by molar-refractivity contribution is 5.50. The zero-order valence-electron chi connectivity index (χ0n) is 9.43. The van der Waals surface area contributed by atoms with Gasteiger partial charge < -0.3 is 10.4 Å². The van der Waals surface area contributed by atoms with Crippen molar-refractivity contribution in [2.45, 2.75) is 25.8 Å². The number of hydrogen-bond acceptors (Lipinski definition) is 3. The first-order valence-corrected chi connectivity index (χ1v) is 5.61. The maximum Gasteiger partial charge on any atom is 0.138 e. The number of nitrogens with zero attached hydrogens (tertiary/aromatic N) is 2. The third-order valence-electron chi connectivity index (χ3n) is 2.62. The van der Waals surface area contributed by atoms with Gasteiger partial charge in [-0.15, -0.1) is 0 Å². The van der Waals surface area contributed by atoms with Gasteiger partial charge in [-0.1, -0.05) is 6.07 Å². The summed E-state index contributed by atoms with van der Waals surface area (Å²) in [6, 6.07) is 6.34. The lowest BCUT2D eigenvalue weighted by atomic mass is 10.2. The molecule has 2 rings (SSSR count). The van der Waals surface area contributed by atoms with Gasteiger partial charge >= 0.3 is 0 Å². The van der Waals surface area contributed by atoms with E-state index < -0.39 is 0 Å². The molecule has 2 N–H and O–H groups in total. The van der Waals surface area contributed by atoms with Crippen molar-refractivity contribution in [3.63, 3.8) is 0 Å². The van der Waals surface area contributed by atoms with Crippen LogP contribution in [-0.2, 0) is 0 Å². The van der Waals surface area contributed by atoms with E-state index in [1.807, 2.05) is 28.8 Å². The van der Waals surface area contributed by atoms with Gasteiger partial charge in [-0.05, 0) is 31.9 Å². The summed E-state index contributed by atoms with van der Waals surface area (Å²) in [6.45, 7) is 2.37. The van der Waals surface area contributed by atoms with Gasteiger partial charge in [0.1, 0.15) is 11.5 Å². The molecule has 1 atom stereocenters. The predicted molar refractivity (Wildman–Crippen MR) is 64.6 cm³/mol. The molecule has 0 aromatic carbocycles. The number of aromatic nitrogens is 2. The van der Waals surface area contributed by atoms with Gasteiger partial charge in [0.15, 0.2) is 0 Å². The van der Waals surface area contributed by atoms with Crippen LogP contribution in [0.1, 0.15) is 19.8 Å². The van der Waals surface area contributed by atoms with Crippen molar-refractivity contribution in [1.29, 1.82) is 0 Å². The molecule has 0 saturated heterocycles. The van der Waals surface area contributed by atoms with Crippen LogP contribution >= 0.6 is 0 Å². The van der Waals surface area contributed by atoms with Crippen molar-refractivity contribution in [2.24, 2.45) is 0 Å². The summed E-state index contributed by atoms with van der Waals surface area (Å²) in [5, 5.41) is 12.2. The van der Waals surface area contributed by atoms with E-state index in [0.29, 0.717) is 6.04 Å². The van der Waals surface area contributed by atoms with Crippen molar-refractivity contribution >= 4 is 11.5 Å². The number of imidazole rings is 1. The van der Waals surface area contributed by atoms with Crippen LogP contribution in [0.5, 0.6) is 0 Å². The number of hydrogen-bond donors (Lipinski definition) is 2. The van der Waals surface area contributed by atoms with E-state index in [0.717, 1.165) is 24.3 Å². The first kappa shape index (κ1) is 11.0. The smallest absolute Gasteiger partial charge is 0.138 e. The molecule has 0 aliphatic heterocycles. The van der Waals surface area contributed by atoms with E-state index in [4.69, 9.17) is 5.11 Å². The molecule has 0 bridgehead atoms. The molecule has 0 fully saturated rings. The fourth-order valence-electron chi connectivity index (χ4n) is 1.79. The van der Waals surface area contributed by atoms with E-state index >= 15 is 0 Å². The maximum atomic E-state index is 8.78. The molecule has 0 aliphatic carbocycles. The number of aliphatic hydroxyl groups excluding tert-OH is 1. The van der Waals surface area contributed by atoms with Crippen LogP contribution in [-0.4, -0.2) is 27.1 Å². The zero-order chi connectivity index (χ0) is 11.4. The van der Waals surface area contributed by atoms with E-state index in [-0.39, 0.29) is 6.61 Å². The van der Waals surface area contributed by atoms with Crippen LogP contribution in [0.15, 0.2) is 30.6 Å². The number of aliphatic hydroxyl groups is 1. The lowest BCUT2D eigenvalue weighted by Gasteiger charge is -2.15. The average molecular weight is 219 g/mol. The molecule has 1 unspecified atom stereocenters. The van der Waals surface area contributed by atoms with Crippen molar-refractivity contribution in [1.82, 2.24) is 9.38 Å². The van der Waals surface area contributed by atoms with Crippen molar-refractivity contribution in [2.75, 3.05) is 11.9 Å². The summed E-state index contributed by atoms with van der Waals surface area (Å²) in [5.74, 6) is 1.04. The third-order valence-corrected chi connectivity index (χ3v) is 2.62. The Labute approximate surface area is 94.9 Å². The minimum atomic E-state index is 0.251. The Morgan fingerprint density at radius 3 is 3.19 bits per heavy atom. The van der Waals surface area contributed by atoms with Gasteiger partial charge in [0, 0.05) is 25.0 Å². The topological polar surface area (TPSA) is 49.6 Å². The number of fused-ring (bicyclic) bond motifs is 1. The monoisotopic (exact) mass is 219 g/mol. The molecule has 0 saturated carbocycles. The predicted octanol–water partition coefficient (Wildman–Crippen LogP) is 1.91. The minimum Gasteiger partial charge on any atom is -0.396 e. The zero-order valence-corrected chi connectivity index (χ0v) is 9.43. The molecular weight excluding hydrogens is 202 g/mol. The summed E-state index contributed by atoms with van der Waals surface area (Å²) in [4.78, 5) is 4.23. The lowest BCUT2D eigenvalue weighted by molar-refractivity contribution is 0.282. The molecule has 2 aromatic rings. The Morgan fingerprint density at radius 1 is 1.50 bits per heavy atom. The van der Waals surface area contributed by atoms with Gasteiger partial charge in [-0.2, -0.15) is 0 Å². The van der Waals surface area contributed by atoms with E-state index in [1.165, 1.54) is 0 Å². The normalized spacial score (nSPS) is 12.9. The first-order chi connectivity index (χ1) is 7.81. The van der Waals surface area contributed by atoms with Gasteiger partial charge in [-0.3, -0.25) is 4.40 Å². The third kappa shape index (κ3) is 2.33. The fraction of sp³-hybridized carbons (Fsp3) is 0.417. The van der Waals surface area contributed by atoms with Gasteiger partial charge in [0.05, 0.1) is 0 Å². The molecule has 2 aromatic heterocycles. The van der Waals surface area contributed by atoms with Crippen molar-refractivity contribution in [3.05, 3.63) is 30.6 Å². The maximum absolute atomic E-state index is 8.78. The fourth-order valence-corrected chi connectivity index (χ4v) is 1.79. The Morgan fingerprint density at radius 2 is 2.38 bits per heavy atom. The Kier molecular flexibility index (Phi) is 3.41. The van der Waals surface area contributed by atoms with E-state index in [1.54, 1.807) is 6.20 Å². The van der Waals surface area contributed by atoms with Crippen molar-refractivity contribution in [3.8, 4) is 0 Å².